The number of sulfone groups is 1. The van der Waals surface area contributed by atoms with Crippen molar-refractivity contribution in [2.75, 3.05) is 11.5 Å². The van der Waals surface area contributed by atoms with E-state index in [0.717, 1.165) is 17.8 Å². The van der Waals surface area contributed by atoms with Gasteiger partial charge >= 0.3 is 6.18 Å². The molecular weight excluding hydrogens is 375 g/mol. The van der Waals surface area contributed by atoms with Crippen LogP contribution in [0.1, 0.15) is 29.3 Å². The Morgan fingerprint density at radius 1 is 1.28 bits per heavy atom. The molecule has 1 fully saturated rings. The van der Waals surface area contributed by atoms with Crippen LogP contribution in [0.4, 0.5) is 13.2 Å². The fraction of sp³-hybridized carbons (Fsp3) is 0.467. The monoisotopic (exact) mass is 391 g/mol. The van der Waals surface area contributed by atoms with E-state index >= 15 is 0 Å². The van der Waals surface area contributed by atoms with Crippen molar-refractivity contribution in [1.82, 2.24) is 14.8 Å². The number of aromatic nitrogens is 3. The van der Waals surface area contributed by atoms with Crippen molar-refractivity contribution in [2.24, 2.45) is 7.05 Å². The van der Waals surface area contributed by atoms with E-state index in [1.54, 1.807) is 17.7 Å². The molecule has 1 aromatic carbocycles. The van der Waals surface area contributed by atoms with Crippen molar-refractivity contribution in [1.29, 1.82) is 0 Å². The molecule has 0 bridgehead atoms. The molecule has 1 aromatic heterocycles. The molecule has 1 unspecified atom stereocenters. The lowest BCUT2D eigenvalue weighted by Crippen LogP contribution is -2.09. The first-order valence-corrected chi connectivity index (χ1v) is 10.4. The Kier molecular flexibility index (Phi) is 4.84. The first-order valence-electron chi connectivity index (χ1n) is 7.55. The Morgan fingerprint density at radius 3 is 2.64 bits per heavy atom. The summed E-state index contributed by atoms with van der Waals surface area (Å²) in [7, 11) is -1.33. The van der Waals surface area contributed by atoms with Crippen molar-refractivity contribution in [3.8, 4) is 0 Å². The maximum atomic E-state index is 13.0. The summed E-state index contributed by atoms with van der Waals surface area (Å²) in [6.07, 6.45) is -3.91. The standard InChI is InChI=1S/C15H16F3N3O2S2/c1-21-13(11-6-7-25(22,23)9-11)19-20-14(21)24-8-10-4-2-3-5-12(10)15(16,17)18/h2-5,11H,6-9H2,1H3. The molecule has 0 radical (unpaired) electrons. The van der Waals surface area contributed by atoms with Gasteiger partial charge in [-0.3, -0.25) is 0 Å². The fourth-order valence-electron chi connectivity index (χ4n) is 2.87. The maximum Gasteiger partial charge on any atom is 0.416 e. The lowest BCUT2D eigenvalue weighted by Gasteiger charge is -2.12. The Labute approximate surface area is 147 Å². The fourth-order valence-corrected chi connectivity index (χ4v) is 5.53. The molecule has 0 aliphatic carbocycles. The number of halogens is 3. The molecule has 1 aliphatic rings. The third-order valence-corrected chi connectivity index (χ3v) is 6.98. The molecule has 0 amide bonds. The van der Waals surface area contributed by atoms with Gasteiger partial charge in [0, 0.05) is 18.7 Å². The summed E-state index contributed by atoms with van der Waals surface area (Å²) >= 11 is 1.15. The third kappa shape index (κ3) is 4.00. The number of rotatable bonds is 4. The summed E-state index contributed by atoms with van der Waals surface area (Å²) < 4.78 is 64.0. The number of alkyl halides is 3. The van der Waals surface area contributed by atoms with Crippen molar-refractivity contribution in [3.63, 3.8) is 0 Å². The van der Waals surface area contributed by atoms with Crippen LogP contribution in [-0.2, 0) is 28.8 Å². The molecule has 1 saturated heterocycles. The summed E-state index contributed by atoms with van der Waals surface area (Å²) in [6, 6.07) is 5.42. The Balaban J connectivity index is 1.76. The molecule has 5 nitrogen and oxygen atoms in total. The van der Waals surface area contributed by atoms with Crippen LogP contribution in [-0.4, -0.2) is 34.7 Å². The zero-order valence-electron chi connectivity index (χ0n) is 13.3. The number of nitrogens with zero attached hydrogens (tertiary/aromatic N) is 3. The van der Waals surface area contributed by atoms with Gasteiger partial charge < -0.3 is 4.57 Å². The molecule has 2 heterocycles. The lowest BCUT2D eigenvalue weighted by atomic mass is 10.1. The maximum absolute atomic E-state index is 13.0. The molecule has 0 spiro atoms. The van der Waals surface area contributed by atoms with E-state index in [4.69, 9.17) is 0 Å². The smallest absolute Gasteiger partial charge is 0.309 e. The summed E-state index contributed by atoms with van der Waals surface area (Å²) in [5, 5.41) is 8.54. The van der Waals surface area contributed by atoms with Gasteiger partial charge in [0.15, 0.2) is 15.0 Å². The SMILES string of the molecule is Cn1c(SCc2ccccc2C(F)(F)F)nnc1C1CCS(=O)(=O)C1. The average Bonchev–Trinajstić information content (AvgIpc) is 3.07. The van der Waals surface area contributed by atoms with Gasteiger partial charge in [-0.1, -0.05) is 30.0 Å². The second-order valence-electron chi connectivity index (χ2n) is 5.94. The van der Waals surface area contributed by atoms with E-state index in [2.05, 4.69) is 10.2 Å². The van der Waals surface area contributed by atoms with Crippen LogP contribution in [0.25, 0.3) is 0 Å². The number of hydrogen-bond donors (Lipinski definition) is 0. The van der Waals surface area contributed by atoms with E-state index in [-0.39, 0.29) is 28.7 Å². The van der Waals surface area contributed by atoms with Crippen molar-refractivity contribution in [3.05, 3.63) is 41.2 Å². The average molecular weight is 391 g/mol. The van der Waals surface area contributed by atoms with Crippen molar-refractivity contribution in [2.45, 2.75) is 29.4 Å². The second-order valence-corrected chi connectivity index (χ2v) is 9.11. The molecule has 10 heteroatoms. The molecule has 25 heavy (non-hydrogen) atoms. The highest BCUT2D eigenvalue weighted by Crippen LogP contribution is 2.35. The predicted octanol–water partition coefficient (Wildman–Crippen LogP) is 3.03. The first kappa shape index (κ1) is 18.2. The molecule has 136 valence electrons. The summed E-state index contributed by atoms with van der Waals surface area (Å²) in [5.41, 5.74) is -0.486. The Bertz CT molecular complexity index is 878. The normalized spacial score (nSPS) is 20.1. The van der Waals surface area contributed by atoms with Gasteiger partial charge in [0.05, 0.1) is 17.1 Å². The van der Waals surface area contributed by atoms with E-state index in [1.807, 2.05) is 0 Å². The van der Waals surface area contributed by atoms with Crippen LogP contribution < -0.4 is 0 Å². The third-order valence-electron chi connectivity index (χ3n) is 4.15. The van der Waals surface area contributed by atoms with Gasteiger partial charge in [-0.15, -0.1) is 10.2 Å². The first-order chi connectivity index (χ1) is 11.7. The quantitative estimate of drug-likeness (QED) is 0.750. The highest BCUT2D eigenvalue weighted by Gasteiger charge is 2.34. The van der Waals surface area contributed by atoms with E-state index in [9.17, 15) is 21.6 Å². The number of benzene rings is 1. The van der Waals surface area contributed by atoms with Crippen LogP contribution in [0.2, 0.25) is 0 Å². The van der Waals surface area contributed by atoms with Gasteiger partial charge in [-0.2, -0.15) is 13.2 Å². The molecular formula is C15H16F3N3O2S2. The lowest BCUT2D eigenvalue weighted by molar-refractivity contribution is -0.138. The van der Waals surface area contributed by atoms with Crippen LogP contribution >= 0.6 is 11.8 Å². The number of thioether (sulfide) groups is 1. The summed E-state index contributed by atoms with van der Waals surface area (Å²) in [4.78, 5) is 0. The van der Waals surface area contributed by atoms with Gasteiger partial charge in [-0.05, 0) is 18.1 Å². The second kappa shape index (κ2) is 6.64. The van der Waals surface area contributed by atoms with Gasteiger partial charge in [0.1, 0.15) is 5.82 Å². The van der Waals surface area contributed by atoms with Crippen LogP contribution in [0.15, 0.2) is 29.4 Å². The summed E-state index contributed by atoms with van der Waals surface area (Å²) in [5.74, 6) is 0.629. The largest absolute Gasteiger partial charge is 0.416 e. The minimum absolute atomic E-state index is 0.0422. The van der Waals surface area contributed by atoms with Crippen LogP contribution in [0, 0.1) is 0 Å². The predicted molar refractivity (Wildman–Crippen MR) is 88.0 cm³/mol. The minimum atomic E-state index is -4.40. The Hall–Kier alpha value is -1.55. The Morgan fingerprint density at radius 2 is 2.00 bits per heavy atom. The van der Waals surface area contributed by atoms with Gasteiger partial charge in [-0.25, -0.2) is 8.42 Å². The zero-order chi connectivity index (χ0) is 18.2. The highest BCUT2D eigenvalue weighted by molar-refractivity contribution is 7.98. The van der Waals surface area contributed by atoms with Crippen LogP contribution in [0.3, 0.4) is 0 Å². The zero-order valence-corrected chi connectivity index (χ0v) is 15.0. The van der Waals surface area contributed by atoms with E-state index in [0.29, 0.717) is 17.4 Å². The van der Waals surface area contributed by atoms with Gasteiger partial charge in [0.25, 0.3) is 0 Å². The van der Waals surface area contributed by atoms with Crippen molar-refractivity contribution >= 4 is 21.6 Å². The van der Waals surface area contributed by atoms with Gasteiger partial charge in [0.2, 0.25) is 0 Å². The molecule has 1 aliphatic heterocycles. The van der Waals surface area contributed by atoms with Crippen molar-refractivity contribution < 1.29 is 21.6 Å². The minimum Gasteiger partial charge on any atom is -0.309 e. The molecule has 2 aromatic rings. The molecule has 3 rings (SSSR count). The summed E-state index contributed by atoms with van der Waals surface area (Å²) in [6.45, 7) is 0. The van der Waals surface area contributed by atoms with E-state index in [1.165, 1.54) is 12.1 Å². The number of hydrogen-bond acceptors (Lipinski definition) is 5. The topological polar surface area (TPSA) is 64.8 Å². The van der Waals surface area contributed by atoms with E-state index < -0.39 is 21.6 Å². The molecule has 0 N–H and O–H groups in total. The molecule has 1 atom stereocenters. The highest BCUT2D eigenvalue weighted by atomic mass is 32.2. The van der Waals surface area contributed by atoms with Crippen LogP contribution in [0.5, 0.6) is 0 Å². The molecule has 0 saturated carbocycles.